The molecule has 3 nitrogen and oxygen atoms in total. The van der Waals surface area contributed by atoms with Gasteiger partial charge in [0.05, 0.1) is 6.61 Å². The Morgan fingerprint density at radius 3 is 3.20 bits per heavy atom. The van der Waals surface area contributed by atoms with Crippen molar-refractivity contribution in [1.29, 1.82) is 0 Å². The summed E-state index contributed by atoms with van der Waals surface area (Å²) in [6, 6.07) is 0.512. The molecule has 0 bridgehead atoms. The highest BCUT2D eigenvalue weighted by molar-refractivity contribution is 7.03. The third-order valence-electron chi connectivity index (χ3n) is 1.07. The molecule has 56 valence electrons. The smallest absolute Gasteiger partial charge is 0.328 e. The van der Waals surface area contributed by atoms with Gasteiger partial charge in [-0.15, -0.1) is 4.37 Å². The first-order chi connectivity index (χ1) is 4.93. The van der Waals surface area contributed by atoms with Crippen molar-refractivity contribution in [2.45, 2.75) is 19.8 Å². The van der Waals surface area contributed by atoms with Gasteiger partial charge in [0.25, 0.3) is 0 Å². The summed E-state index contributed by atoms with van der Waals surface area (Å²) in [5.41, 5.74) is 1.67. The molecule has 0 aromatic carbocycles. The van der Waals surface area contributed by atoms with E-state index in [4.69, 9.17) is 4.74 Å². The summed E-state index contributed by atoms with van der Waals surface area (Å²) in [5.74, 6) is 0. The average Bonchev–Trinajstić information content (AvgIpc) is 2.41. The van der Waals surface area contributed by atoms with Gasteiger partial charge in [-0.3, -0.25) is 0 Å². The van der Waals surface area contributed by atoms with E-state index in [0.717, 1.165) is 19.4 Å². The van der Waals surface area contributed by atoms with Gasteiger partial charge in [-0.05, 0) is 18.0 Å². The predicted molar refractivity (Wildman–Crippen MR) is 40.3 cm³/mol. The van der Waals surface area contributed by atoms with E-state index in [1.807, 2.05) is 0 Å². The van der Waals surface area contributed by atoms with Crippen molar-refractivity contribution in [1.82, 2.24) is 9.36 Å². The molecule has 4 heteroatoms. The number of hydrogen-bond donors (Lipinski definition) is 0. The number of unbranched alkanes of at least 4 members (excludes halogenated alkanes) is 1. The van der Waals surface area contributed by atoms with Crippen molar-refractivity contribution < 1.29 is 4.74 Å². The summed E-state index contributed by atoms with van der Waals surface area (Å²) in [5, 5.41) is 0. The Hall–Kier alpha value is -0.640. The zero-order valence-electron chi connectivity index (χ0n) is 5.91. The van der Waals surface area contributed by atoms with E-state index in [-0.39, 0.29) is 0 Å². The summed E-state index contributed by atoms with van der Waals surface area (Å²) in [6.45, 7) is 2.85. The molecule has 0 atom stereocenters. The fraction of sp³-hybridized carbons (Fsp3) is 0.667. The van der Waals surface area contributed by atoms with Crippen LogP contribution in [0.1, 0.15) is 19.8 Å². The average molecular weight is 158 g/mol. The van der Waals surface area contributed by atoms with E-state index in [1.54, 1.807) is 5.51 Å². The van der Waals surface area contributed by atoms with Crippen molar-refractivity contribution in [3.05, 3.63) is 5.51 Å². The van der Waals surface area contributed by atoms with Gasteiger partial charge in [-0.25, -0.2) is 0 Å². The van der Waals surface area contributed by atoms with Gasteiger partial charge in [-0.1, -0.05) is 13.3 Å². The SMILES string of the molecule is CCCCOc1ncsn1. The zero-order valence-corrected chi connectivity index (χ0v) is 6.73. The summed E-state index contributed by atoms with van der Waals surface area (Å²) in [6.07, 6.45) is 2.21. The van der Waals surface area contributed by atoms with Gasteiger partial charge < -0.3 is 4.74 Å². The summed E-state index contributed by atoms with van der Waals surface area (Å²) in [4.78, 5) is 3.87. The first kappa shape index (κ1) is 7.47. The molecule has 0 fully saturated rings. The van der Waals surface area contributed by atoms with Crippen LogP contribution in [0, 0.1) is 0 Å². The normalized spacial score (nSPS) is 9.70. The molecule has 0 radical (unpaired) electrons. The maximum absolute atomic E-state index is 5.17. The van der Waals surface area contributed by atoms with Crippen LogP contribution in [0.15, 0.2) is 5.51 Å². The molecule has 0 aliphatic rings. The minimum Gasteiger partial charge on any atom is -0.463 e. The monoisotopic (exact) mass is 158 g/mol. The van der Waals surface area contributed by atoms with Gasteiger partial charge >= 0.3 is 6.01 Å². The van der Waals surface area contributed by atoms with Crippen molar-refractivity contribution >= 4 is 11.5 Å². The molecule has 0 spiro atoms. The standard InChI is InChI=1S/C6H10N2OS/c1-2-3-4-9-6-7-5-10-8-6/h5H,2-4H2,1H3. The Bertz CT molecular complexity index is 164. The minimum atomic E-state index is 0.512. The number of hydrogen-bond acceptors (Lipinski definition) is 4. The van der Waals surface area contributed by atoms with Crippen molar-refractivity contribution in [3.8, 4) is 6.01 Å². The van der Waals surface area contributed by atoms with E-state index in [0.29, 0.717) is 6.01 Å². The second-order valence-corrected chi connectivity index (χ2v) is 2.52. The second-order valence-electron chi connectivity index (χ2n) is 1.92. The van der Waals surface area contributed by atoms with Crippen LogP contribution in [-0.2, 0) is 0 Å². The number of ether oxygens (including phenoxy) is 1. The van der Waals surface area contributed by atoms with Crippen LogP contribution in [-0.4, -0.2) is 16.0 Å². The van der Waals surface area contributed by atoms with Crippen LogP contribution in [0.4, 0.5) is 0 Å². The molecule has 0 saturated carbocycles. The Balaban J connectivity index is 2.15. The minimum absolute atomic E-state index is 0.512. The summed E-state index contributed by atoms with van der Waals surface area (Å²) >= 11 is 1.31. The fourth-order valence-corrected chi connectivity index (χ4v) is 0.907. The first-order valence-corrected chi connectivity index (χ1v) is 4.16. The van der Waals surface area contributed by atoms with Crippen molar-refractivity contribution in [3.63, 3.8) is 0 Å². The van der Waals surface area contributed by atoms with E-state index in [2.05, 4.69) is 16.3 Å². The molecule has 0 unspecified atom stereocenters. The zero-order chi connectivity index (χ0) is 7.23. The lowest BCUT2D eigenvalue weighted by Crippen LogP contribution is -1.97. The molecule has 10 heavy (non-hydrogen) atoms. The third kappa shape index (κ3) is 2.31. The largest absolute Gasteiger partial charge is 0.463 e. The Labute approximate surface area is 64.2 Å². The highest BCUT2D eigenvalue weighted by Gasteiger charge is 1.93. The second kappa shape index (κ2) is 4.22. The molecule has 0 aliphatic carbocycles. The number of aromatic nitrogens is 2. The topological polar surface area (TPSA) is 35.0 Å². The maximum atomic E-state index is 5.17. The predicted octanol–water partition coefficient (Wildman–Crippen LogP) is 1.72. The Morgan fingerprint density at radius 2 is 2.60 bits per heavy atom. The lowest BCUT2D eigenvalue weighted by Gasteiger charge is -1.96. The molecule has 1 heterocycles. The van der Waals surface area contributed by atoms with Crippen LogP contribution in [0.3, 0.4) is 0 Å². The van der Waals surface area contributed by atoms with Crippen LogP contribution >= 0.6 is 11.5 Å². The first-order valence-electron chi connectivity index (χ1n) is 3.32. The Kier molecular flexibility index (Phi) is 3.15. The fourth-order valence-electron chi connectivity index (χ4n) is 0.532. The van der Waals surface area contributed by atoms with Gasteiger partial charge in [0, 0.05) is 0 Å². The van der Waals surface area contributed by atoms with E-state index in [9.17, 15) is 0 Å². The summed E-state index contributed by atoms with van der Waals surface area (Å²) in [7, 11) is 0. The van der Waals surface area contributed by atoms with Gasteiger partial charge in [0.15, 0.2) is 0 Å². The molecule has 1 rings (SSSR count). The van der Waals surface area contributed by atoms with Crippen LogP contribution in [0.5, 0.6) is 6.01 Å². The Morgan fingerprint density at radius 1 is 1.70 bits per heavy atom. The van der Waals surface area contributed by atoms with Gasteiger partial charge in [0.1, 0.15) is 5.51 Å². The van der Waals surface area contributed by atoms with Crippen molar-refractivity contribution in [2.75, 3.05) is 6.61 Å². The molecular formula is C6H10N2OS. The molecule has 0 saturated heterocycles. The van der Waals surface area contributed by atoms with Crippen LogP contribution in [0.25, 0.3) is 0 Å². The van der Waals surface area contributed by atoms with Crippen molar-refractivity contribution in [2.24, 2.45) is 0 Å². The molecule has 1 aromatic rings. The lowest BCUT2D eigenvalue weighted by atomic mass is 10.4. The van der Waals surface area contributed by atoms with Gasteiger partial charge in [-0.2, -0.15) is 4.98 Å². The lowest BCUT2D eigenvalue weighted by molar-refractivity contribution is 0.289. The van der Waals surface area contributed by atoms with E-state index >= 15 is 0 Å². The highest BCUT2D eigenvalue weighted by atomic mass is 32.1. The molecule has 0 N–H and O–H groups in total. The summed E-state index contributed by atoms with van der Waals surface area (Å²) < 4.78 is 9.07. The molecule has 0 amide bonds. The van der Waals surface area contributed by atoms with E-state index < -0.39 is 0 Å². The van der Waals surface area contributed by atoms with Crippen LogP contribution < -0.4 is 4.74 Å². The van der Waals surface area contributed by atoms with Crippen LogP contribution in [0.2, 0.25) is 0 Å². The molecular weight excluding hydrogens is 148 g/mol. The highest BCUT2D eigenvalue weighted by Crippen LogP contribution is 2.03. The maximum Gasteiger partial charge on any atom is 0.328 e. The third-order valence-corrected chi connectivity index (χ3v) is 1.53. The van der Waals surface area contributed by atoms with Gasteiger partial charge in [0.2, 0.25) is 0 Å². The molecule has 0 aliphatic heterocycles. The van der Waals surface area contributed by atoms with E-state index in [1.165, 1.54) is 11.5 Å². The number of rotatable bonds is 4. The molecule has 1 aromatic heterocycles. The quantitative estimate of drug-likeness (QED) is 0.626. The number of nitrogens with zero attached hydrogens (tertiary/aromatic N) is 2.